The van der Waals surface area contributed by atoms with Gasteiger partial charge < -0.3 is 9.30 Å². The van der Waals surface area contributed by atoms with Crippen LogP contribution in [-0.4, -0.2) is 4.40 Å². The minimum absolute atomic E-state index is 1.11. The van der Waals surface area contributed by atoms with Crippen LogP contribution >= 0.6 is 0 Å². The maximum Gasteiger partial charge on any atom is 0.0625 e. The van der Waals surface area contributed by atoms with Gasteiger partial charge in [0.1, 0.15) is 0 Å². The van der Waals surface area contributed by atoms with Crippen molar-refractivity contribution >= 4 is 55.0 Å². The summed E-state index contributed by atoms with van der Waals surface area (Å²) in [7, 11) is 0. The lowest BCUT2D eigenvalue weighted by Gasteiger charge is -2.27. The summed E-state index contributed by atoms with van der Waals surface area (Å²) in [5.74, 6) is 0. The molecule has 0 aliphatic carbocycles. The second kappa shape index (κ2) is 14.1. The van der Waals surface area contributed by atoms with Crippen LogP contribution in [0.5, 0.6) is 0 Å². The Kier molecular flexibility index (Phi) is 8.19. The maximum atomic E-state index is 2.37. The summed E-state index contributed by atoms with van der Waals surface area (Å²) in [4.78, 5) is 2.37. The van der Waals surface area contributed by atoms with Crippen molar-refractivity contribution in [1.82, 2.24) is 4.40 Å². The summed E-state index contributed by atoms with van der Waals surface area (Å²) in [6, 6.07) is 81.3. The maximum absolute atomic E-state index is 2.37. The molecule has 0 bridgehead atoms. The number of hydrogen-bond acceptors (Lipinski definition) is 1. The van der Waals surface area contributed by atoms with Gasteiger partial charge in [0.15, 0.2) is 0 Å². The van der Waals surface area contributed by atoms with Crippen LogP contribution in [-0.2, 0) is 0 Å². The van der Waals surface area contributed by atoms with Crippen LogP contribution in [0.3, 0.4) is 0 Å². The first-order valence-corrected chi connectivity index (χ1v) is 19.9. The molecule has 11 rings (SSSR count). The highest BCUT2D eigenvalue weighted by Gasteiger charge is 2.19. The van der Waals surface area contributed by atoms with Crippen LogP contribution < -0.4 is 4.90 Å². The second-order valence-electron chi connectivity index (χ2n) is 14.9. The van der Waals surface area contributed by atoms with E-state index in [0.717, 1.165) is 17.1 Å². The van der Waals surface area contributed by atoms with Gasteiger partial charge in [0.25, 0.3) is 0 Å². The molecule has 272 valence electrons. The third-order valence-corrected chi connectivity index (χ3v) is 11.6. The SMILES string of the molecule is c1ccc(-c2ccc(N(c3ccc(-c4ccc(-c5cccc6ccn7c8ccccc8c(-c8ccccc8)c7c56)cc4)cc3)c3cccc4ccccc34)cc2)cc1. The standard InChI is InChI=1S/C56H38N2/c1-3-13-39(14-4-1)41-29-33-47(34-30-41)58(53-24-12-18-43-15-7-8-20-49(43)53)48-35-31-42(32-36-48)40-25-27-44(28-26-40)50-22-11-19-46-37-38-57-52-23-10-9-21-51(52)55(56(57)54(46)50)45-16-5-2-6-17-45/h1-38H. The molecule has 2 heteroatoms. The quantitative estimate of drug-likeness (QED) is 0.158. The zero-order valence-corrected chi connectivity index (χ0v) is 31.8. The molecular formula is C56H38N2. The molecule has 0 aliphatic rings. The molecule has 58 heavy (non-hydrogen) atoms. The molecule has 2 nitrogen and oxygen atoms in total. The predicted octanol–water partition coefficient (Wildman–Crippen LogP) is 15.5. The predicted molar refractivity (Wildman–Crippen MR) is 246 cm³/mol. The van der Waals surface area contributed by atoms with Crippen molar-refractivity contribution in [2.75, 3.05) is 4.90 Å². The first-order valence-electron chi connectivity index (χ1n) is 19.9. The monoisotopic (exact) mass is 738 g/mol. The van der Waals surface area contributed by atoms with Gasteiger partial charge in [-0.25, -0.2) is 0 Å². The zero-order chi connectivity index (χ0) is 38.4. The summed E-state index contributed by atoms with van der Waals surface area (Å²) >= 11 is 0. The number of anilines is 3. The van der Waals surface area contributed by atoms with E-state index in [1.165, 1.54) is 82.5 Å². The third-order valence-electron chi connectivity index (χ3n) is 11.6. The summed E-state index contributed by atoms with van der Waals surface area (Å²) in [5, 5.41) is 6.19. The Labute approximate surface area is 338 Å². The van der Waals surface area contributed by atoms with Gasteiger partial charge in [0.2, 0.25) is 0 Å². The van der Waals surface area contributed by atoms with Gasteiger partial charge >= 0.3 is 0 Å². The van der Waals surface area contributed by atoms with Gasteiger partial charge in [-0.15, -0.1) is 0 Å². The van der Waals surface area contributed by atoms with Crippen LogP contribution in [0.4, 0.5) is 17.1 Å². The third kappa shape index (κ3) is 5.74. The lowest BCUT2D eigenvalue weighted by molar-refractivity contribution is 1.27. The van der Waals surface area contributed by atoms with E-state index in [-0.39, 0.29) is 0 Å². The van der Waals surface area contributed by atoms with Crippen molar-refractivity contribution in [1.29, 1.82) is 0 Å². The molecular weight excluding hydrogens is 701 g/mol. The minimum atomic E-state index is 1.11. The summed E-state index contributed by atoms with van der Waals surface area (Å²) in [6.07, 6.45) is 2.23. The van der Waals surface area contributed by atoms with E-state index in [4.69, 9.17) is 0 Å². The van der Waals surface area contributed by atoms with E-state index in [0.29, 0.717) is 0 Å². The number of para-hydroxylation sites is 1. The van der Waals surface area contributed by atoms with E-state index < -0.39 is 0 Å². The normalized spacial score (nSPS) is 11.4. The zero-order valence-electron chi connectivity index (χ0n) is 31.8. The highest BCUT2D eigenvalue weighted by molar-refractivity contribution is 6.18. The molecule has 2 aromatic heterocycles. The number of nitrogens with zero attached hydrogens (tertiary/aromatic N) is 2. The van der Waals surface area contributed by atoms with Crippen LogP contribution in [0, 0.1) is 0 Å². The van der Waals surface area contributed by atoms with Crippen LogP contribution in [0.15, 0.2) is 231 Å². The molecule has 0 fully saturated rings. The summed E-state index contributed by atoms with van der Waals surface area (Å²) < 4.78 is 2.37. The van der Waals surface area contributed by atoms with E-state index in [2.05, 4.69) is 240 Å². The number of hydrogen-bond donors (Lipinski definition) is 0. The molecule has 11 aromatic rings. The average molecular weight is 739 g/mol. The van der Waals surface area contributed by atoms with Crippen molar-refractivity contribution in [3.05, 3.63) is 231 Å². The fourth-order valence-electron chi connectivity index (χ4n) is 8.84. The number of fused-ring (bicyclic) bond motifs is 6. The smallest absolute Gasteiger partial charge is 0.0625 e. The Bertz CT molecular complexity index is 3230. The topological polar surface area (TPSA) is 7.65 Å². The molecule has 0 saturated carbocycles. The summed E-state index contributed by atoms with van der Waals surface area (Å²) in [5.41, 5.74) is 15.5. The van der Waals surface area contributed by atoms with Crippen molar-refractivity contribution in [3.8, 4) is 44.5 Å². The molecule has 0 radical (unpaired) electrons. The first kappa shape index (κ1) is 33.6. The van der Waals surface area contributed by atoms with Crippen molar-refractivity contribution in [2.45, 2.75) is 0 Å². The Morgan fingerprint density at radius 2 is 0.828 bits per heavy atom. The lowest BCUT2D eigenvalue weighted by Crippen LogP contribution is -2.10. The molecule has 0 saturated heterocycles. The number of rotatable bonds is 7. The fraction of sp³-hybridized carbons (Fsp3) is 0. The first-order chi connectivity index (χ1) is 28.8. The molecule has 0 unspecified atom stereocenters. The highest BCUT2D eigenvalue weighted by atomic mass is 15.1. The number of aromatic nitrogens is 1. The molecule has 0 N–H and O–H groups in total. The van der Waals surface area contributed by atoms with Gasteiger partial charge in [-0.1, -0.05) is 182 Å². The van der Waals surface area contributed by atoms with E-state index in [1.807, 2.05) is 0 Å². The van der Waals surface area contributed by atoms with Gasteiger partial charge in [0, 0.05) is 39.3 Å². The van der Waals surface area contributed by atoms with Crippen LogP contribution in [0.1, 0.15) is 0 Å². The van der Waals surface area contributed by atoms with E-state index >= 15 is 0 Å². The summed E-state index contributed by atoms with van der Waals surface area (Å²) in [6.45, 7) is 0. The highest BCUT2D eigenvalue weighted by Crippen LogP contribution is 2.43. The molecule has 0 amide bonds. The largest absolute Gasteiger partial charge is 0.315 e. The molecule has 2 heterocycles. The Hall–Kier alpha value is -7.68. The average Bonchev–Trinajstić information content (AvgIpc) is 3.65. The molecule has 0 aliphatic heterocycles. The van der Waals surface area contributed by atoms with Crippen molar-refractivity contribution < 1.29 is 0 Å². The Balaban J connectivity index is 0.982. The second-order valence-corrected chi connectivity index (χ2v) is 14.9. The Morgan fingerprint density at radius 3 is 1.52 bits per heavy atom. The van der Waals surface area contributed by atoms with Gasteiger partial charge in [-0.3, -0.25) is 0 Å². The van der Waals surface area contributed by atoms with Crippen molar-refractivity contribution in [3.63, 3.8) is 0 Å². The Morgan fingerprint density at radius 1 is 0.328 bits per heavy atom. The number of pyridine rings is 1. The number of benzene rings is 9. The minimum Gasteiger partial charge on any atom is -0.315 e. The van der Waals surface area contributed by atoms with Gasteiger partial charge in [-0.05, 0) is 92.2 Å². The van der Waals surface area contributed by atoms with Crippen molar-refractivity contribution in [2.24, 2.45) is 0 Å². The van der Waals surface area contributed by atoms with Crippen LogP contribution in [0.25, 0.3) is 82.5 Å². The molecule has 0 atom stereocenters. The van der Waals surface area contributed by atoms with E-state index in [1.54, 1.807) is 0 Å². The lowest BCUT2D eigenvalue weighted by atomic mass is 9.94. The fourth-order valence-corrected chi connectivity index (χ4v) is 8.84. The molecule has 0 spiro atoms. The van der Waals surface area contributed by atoms with E-state index in [9.17, 15) is 0 Å². The van der Waals surface area contributed by atoms with Crippen LogP contribution in [0.2, 0.25) is 0 Å². The van der Waals surface area contributed by atoms with Gasteiger partial charge in [0.05, 0.1) is 16.7 Å². The molecule has 9 aromatic carbocycles. The van der Waals surface area contributed by atoms with Gasteiger partial charge in [-0.2, -0.15) is 0 Å².